The van der Waals surface area contributed by atoms with Crippen LogP contribution in [0.2, 0.25) is 0 Å². The number of amides is 1. The second-order valence-electron chi connectivity index (χ2n) is 5.41. The largest absolute Gasteiger partial charge is 0.395 e. The first-order valence-electron chi connectivity index (χ1n) is 7.75. The average Bonchev–Trinajstić information content (AvgIpc) is 2.97. The molecule has 0 aliphatic carbocycles. The predicted molar refractivity (Wildman–Crippen MR) is 86.5 cm³/mol. The third-order valence-corrected chi connectivity index (χ3v) is 4.65. The molecule has 1 N–H and O–H groups in total. The smallest absolute Gasteiger partial charge is 0.254 e. The molecule has 1 atom stereocenters. The number of hydrogen-bond donors (Lipinski definition) is 1. The minimum absolute atomic E-state index is 0.0800. The Hall–Kier alpha value is -1.31. The molecule has 2 heterocycles. The van der Waals surface area contributed by atoms with Crippen LogP contribution in [0, 0.1) is 11.8 Å². The van der Waals surface area contributed by atoms with Crippen LogP contribution in [0.5, 0.6) is 0 Å². The zero-order valence-corrected chi connectivity index (χ0v) is 13.4. The topological polar surface area (TPSA) is 40.5 Å². The molecule has 0 bridgehead atoms. The van der Waals surface area contributed by atoms with Crippen molar-refractivity contribution in [2.45, 2.75) is 51.5 Å². The lowest BCUT2D eigenvalue weighted by Crippen LogP contribution is -2.43. The van der Waals surface area contributed by atoms with Gasteiger partial charge >= 0.3 is 0 Å². The van der Waals surface area contributed by atoms with E-state index in [1.165, 1.54) is 17.8 Å². The molecular formula is C17H23NO2S. The number of carbonyl (C=O) groups excluding carboxylic acids is 1. The van der Waals surface area contributed by atoms with Gasteiger partial charge in [0.1, 0.15) is 0 Å². The van der Waals surface area contributed by atoms with E-state index in [-0.39, 0.29) is 12.5 Å². The number of aliphatic hydroxyl groups is 1. The lowest BCUT2D eigenvalue weighted by Gasteiger charge is -2.35. The van der Waals surface area contributed by atoms with E-state index in [0.29, 0.717) is 12.5 Å². The number of aliphatic hydroxyl groups excluding tert-OH is 1. The van der Waals surface area contributed by atoms with Crippen LogP contribution < -0.4 is 0 Å². The highest BCUT2D eigenvalue weighted by atomic mass is 32.1. The number of hydrogen-bond acceptors (Lipinski definition) is 3. The quantitative estimate of drug-likeness (QED) is 0.867. The summed E-state index contributed by atoms with van der Waals surface area (Å²) >= 11 is 1.50. The molecule has 0 radical (unpaired) electrons. The Labute approximate surface area is 131 Å². The van der Waals surface area contributed by atoms with Gasteiger partial charge < -0.3 is 10.0 Å². The minimum Gasteiger partial charge on any atom is -0.395 e. The number of piperidine rings is 1. The Morgan fingerprint density at radius 2 is 2.38 bits per heavy atom. The van der Waals surface area contributed by atoms with Crippen LogP contribution >= 0.6 is 11.3 Å². The fourth-order valence-electron chi connectivity index (χ4n) is 2.79. The molecule has 1 fully saturated rings. The van der Waals surface area contributed by atoms with Gasteiger partial charge in [-0.1, -0.05) is 25.2 Å². The maximum absolute atomic E-state index is 12.7. The summed E-state index contributed by atoms with van der Waals surface area (Å²) in [7, 11) is 0. The summed E-state index contributed by atoms with van der Waals surface area (Å²) in [5, 5.41) is 10.6. The van der Waals surface area contributed by atoms with Gasteiger partial charge in [-0.15, -0.1) is 11.3 Å². The van der Waals surface area contributed by atoms with Crippen LogP contribution in [0.25, 0.3) is 0 Å². The first kappa shape index (κ1) is 16.1. The maximum atomic E-state index is 12.7. The first-order valence-corrected chi connectivity index (χ1v) is 8.63. The molecule has 0 aromatic carbocycles. The van der Waals surface area contributed by atoms with E-state index < -0.39 is 0 Å². The summed E-state index contributed by atoms with van der Waals surface area (Å²) in [6, 6.07) is 2.29. The van der Waals surface area contributed by atoms with Crippen LogP contribution in [0.4, 0.5) is 0 Å². The van der Waals surface area contributed by atoms with Crippen molar-refractivity contribution in [3.05, 3.63) is 21.9 Å². The predicted octanol–water partition coefficient (Wildman–Crippen LogP) is 3.28. The van der Waals surface area contributed by atoms with Gasteiger partial charge in [-0.3, -0.25) is 4.79 Å². The van der Waals surface area contributed by atoms with E-state index in [0.717, 1.165) is 42.7 Å². The molecule has 4 heteroatoms. The van der Waals surface area contributed by atoms with Crippen molar-refractivity contribution in [1.29, 1.82) is 0 Å². The molecule has 0 spiro atoms. The molecule has 1 aromatic heterocycles. The molecule has 1 unspecified atom stereocenters. The monoisotopic (exact) mass is 305 g/mol. The third-order valence-electron chi connectivity index (χ3n) is 3.80. The second kappa shape index (κ2) is 8.21. The normalized spacial score (nSPS) is 18.2. The zero-order valence-electron chi connectivity index (χ0n) is 12.6. The van der Waals surface area contributed by atoms with Crippen molar-refractivity contribution < 1.29 is 9.90 Å². The van der Waals surface area contributed by atoms with Gasteiger partial charge in [0, 0.05) is 24.4 Å². The lowest BCUT2D eigenvalue weighted by molar-refractivity contribution is 0.0601. The van der Waals surface area contributed by atoms with Crippen molar-refractivity contribution in [1.82, 2.24) is 4.90 Å². The summed E-state index contributed by atoms with van der Waals surface area (Å²) in [5.74, 6) is 6.05. The SMILES string of the molecule is CCCC1CCCCN1C(=O)c1csc(C#CCCO)c1. The van der Waals surface area contributed by atoms with Gasteiger partial charge in [-0.2, -0.15) is 0 Å². The van der Waals surface area contributed by atoms with Crippen LogP contribution in [-0.4, -0.2) is 35.1 Å². The average molecular weight is 305 g/mol. The minimum atomic E-state index is 0.0800. The molecule has 1 aliphatic heterocycles. The van der Waals surface area contributed by atoms with Gasteiger partial charge in [-0.25, -0.2) is 0 Å². The number of carbonyl (C=O) groups is 1. The molecule has 0 saturated carbocycles. The van der Waals surface area contributed by atoms with Crippen LogP contribution in [0.3, 0.4) is 0 Å². The Morgan fingerprint density at radius 1 is 1.52 bits per heavy atom. The standard InChI is InChI=1S/C17H23NO2S/c1-2-7-15-8-3-5-10-18(15)17(20)14-12-16(21-13-14)9-4-6-11-19/h12-13,15,19H,2-3,5-8,10-11H2,1H3. The Kier molecular flexibility index (Phi) is 6.28. The highest BCUT2D eigenvalue weighted by Gasteiger charge is 2.27. The Bertz CT molecular complexity index is 524. The fraction of sp³-hybridized carbons (Fsp3) is 0.588. The molecule has 2 rings (SSSR count). The van der Waals surface area contributed by atoms with E-state index in [4.69, 9.17) is 5.11 Å². The third kappa shape index (κ3) is 4.33. The van der Waals surface area contributed by atoms with Crippen LogP contribution in [0.1, 0.15) is 60.7 Å². The molecule has 114 valence electrons. The molecule has 1 amide bonds. The van der Waals surface area contributed by atoms with Gasteiger partial charge in [0.15, 0.2) is 0 Å². The van der Waals surface area contributed by atoms with Crippen LogP contribution in [-0.2, 0) is 0 Å². The highest BCUT2D eigenvalue weighted by Crippen LogP contribution is 2.24. The summed E-state index contributed by atoms with van der Waals surface area (Å²) in [4.78, 5) is 15.6. The van der Waals surface area contributed by atoms with Crippen molar-refractivity contribution in [2.24, 2.45) is 0 Å². The zero-order chi connectivity index (χ0) is 15.1. The lowest BCUT2D eigenvalue weighted by atomic mass is 9.97. The van der Waals surface area contributed by atoms with Gasteiger partial charge in [0.05, 0.1) is 17.0 Å². The number of rotatable bonds is 4. The number of likely N-dealkylation sites (tertiary alicyclic amines) is 1. The summed E-state index contributed by atoms with van der Waals surface area (Å²) < 4.78 is 0. The van der Waals surface area contributed by atoms with Crippen molar-refractivity contribution in [3.63, 3.8) is 0 Å². The maximum Gasteiger partial charge on any atom is 0.254 e. The summed E-state index contributed by atoms with van der Waals surface area (Å²) in [6.07, 6.45) is 6.17. The Morgan fingerprint density at radius 3 is 3.14 bits per heavy atom. The van der Waals surface area contributed by atoms with Crippen molar-refractivity contribution >= 4 is 17.2 Å². The molecule has 21 heavy (non-hydrogen) atoms. The van der Waals surface area contributed by atoms with Gasteiger partial charge in [0.2, 0.25) is 0 Å². The Balaban J connectivity index is 2.06. The van der Waals surface area contributed by atoms with E-state index in [1.54, 1.807) is 0 Å². The number of thiophene rings is 1. The summed E-state index contributed by atoms with van der Waals surface area (Å²) in [5.41, 5.74) is 0.760. The van der Waals surface area contributed by atoms with Crippen molar-refractivity contribution in [3.8, 4) is 11.8 Å². The molecular weight excluding hydrogens is 282 g/mol. The molecule has 1 saturated heterocycles. The van der Waals surface area contributed by atoms with Crippen LogP contribution in [0.15, 0.2) is 11.4 Å². The second-order valence-corrected chi connectivity index (χ2v) is 6.32. The molecule has 1 aromatic rings. The highest BCUT2D eigenvalue weighted by molar-refractivity contribution is 7.10. The van der Waals surface area contributed by atoms with Crippen molar-refractivity contribution in [2.75, 3.05) is 13.2 Å². The van der Waals surface area contributed by atoms with Gasteiger partial charge in [-0.05, 0) is 31.7 Å². The van der Waals surface area contributed by atoms with Gasteiger partial charge in [0.25, 0.3) is 5.91 Å². The summed E-state index contributed by atoms with van der Waals surface area (Å²) in [6.45, 7) is 3.14. The van der Waals surface area contributed by atoms with E-state index in [2.05, 4.69) is 23.7 Å². The molecule has 1 aliphatic rings. The first-order chi connectivity index (χ1) is 10.3. The van der Waals surface area contributed by atoms with E-state index in [1.807, 2.05) is 11.4 Å². The number of nitrogens with zero attached hydrogens (tertiary/aromatic N) is 1. The van der Waals surface area contributed by atoms with E-state index in [9.17, 15) is 4.79 Å². The fourth-order valence-corrected chi connectivity index (χ4v) is 3.54. The van der Waals surface area contributed by atoms with E-state index >= 15 is 0 Å². The molecule has 3 nitrogen and oxygen atoms in total.